The van der Waals surface area contributed by atoms with Crippen LogP contribution in [-0.4, -0.2) is 28.5 Å². The third kappa shape index (κ3) is 9.06. The Hall–Kier alpha value is -4.41. The second-order valence-electron chi connectivity index (χ2n) is 9.77. The van der Waals surface area contributed by atoms with Crippen molar-refractivity contribution in [3.05, 3.63) is 135 Å². The van der Waals surface area contributed by atoms with Gasteiger partial charge < -0.3 is 16.0 Å². The fraction of sp³-hybridized carbons (Fsp3) is 0.0588. The second-order valence-corrected chi connectivity index (χ2v) is 12.5. The molecule has 0 aliphatic rings. The highest BCUT2D eigenvalue weighted by molar-refractivity contribution is 8.00. The van der Waals surface area contributed by atoms with E-state index in [0.29, 0.717) is 32.0 Å². The molecule has 226 valence electrons. The minimum Gasteiger partial charge on any atom is -0.321 e. The van der Waals surface area contributed by atoms with Crippen LogP contribution in [0.3, 0.4) is 0 Å². The third-order valence-electron chi connectivity index (χ3n) is 6.35. The summed E-state index contributed by atoms with van der Waals surface area (Å²) in [6.07, 6.45) is 1.49. The number of anilines is 2. The van der Waals surface area contributed by atoms with Crippen molar-refractivity contribution in [1.29, 1.82) is 0 Å². The first-order valence-corrected chi connectivity index (χ1v) is 16.3. The maximum absolute atomic E-state index is 13.4. The van der Waals surface area contributed by atoms with Crippen LogP contribution in [0.4, 0.5) is 10.8 Å². The Kier molecular flexibility index (Phi) is 10.7. The van der Waals surface area contributed by atoms with Gasteiger partial charge in [-0.05, 0) is 61.0 Å². The number of hydrogen-bond acceptors (Lipinski definition) is 6. The monoisotopic (exact) mass is 672 g/mol. The summed E-state index contributed by atoms with van der Waals surface area (Å²) in [4.78, 5) is 44.3. The number of aryl methyl sites for hydroxylation is 1. The Morgan fingerprint density at radius 1 is 0.889 bits per heavy atom. The van der Waals surface area contributed by atoms with E-state index in [-0.39, 0.29) is 17.4 Å². The third-order valence-corrected chi connectivity index (χ3v) is 8.66. The van der Waals surface area contributed by atoms with E-state index in [0.717, 1.165) is 21.7 Å². The predicted octanol–water partition coefficient (Wildman–Crippen LogP) is 8.57. The van der Waals surface area contributed by atoms with Gasteiger partial charge in [0, 0.05) is 37.1 Å². The van der Waals surface area contributed by atoms with Gasteiger partial charge in [0.1, 0.15) is 5.70 Å². The summed E-state index contributed by atoms with van der Waals surface area (Å²) >= 11 is 15.1. The molecule has 1 aromatic heterocycles. The van der Waals surface area contributed by atoms with Crippen LogP contribution >= 0.6 is 46.3 Å². The molecular weight excluding hydrogens is 647 g/mol. The molecule has 5 aromatic rings. The molecule has 0 fully saturated rings. The van der Waals surface area contributed by atoms with Crippen molar-refractivity contribution in [2.24, 2.45) is 0 Å². The minimum absolute atomic E-state index is 0.0148. The van der Waals surface area contributed by atoms with Crippen LogP contribution in [0, 0.1) is 6.92 Å². The Morgan fingerprint density at radius 2 is 1.67 bits per heavy atom. The molecule has 11 heteroatoms. The van der Waals surface area contributed by atoms with Gasteiger partial charge in [0.15, 0.2) is 5.13 Å². The molecule has 3 N–H and O–H groups in total. The maximum Gasteiger partial charge on any atom is 0.272 e. The van der Waals surface area contributed by atoms with Crippen molar-refractivity contribution in [3.63, 3.8) is 0 Å². The fourth-order valence-electron chi connectivity index (χ4n) is 4.07. The number of carbonyl (C=O) groups is 3. The summed E-state index contributed by atoms with van der Waals surface area (Å²) < 4.78 is 0. The molecule has 45 heavy (non-hydrogen) atoms. The van der Waals surface area contributed by atoms with Gasteiger partial charge in [-0.1, -0.05) is 83.4 Å². The highest BCUT2D eigenvalue weighted by atomic mass is 35.5. The lowest BCUT2D eigenvalue weighted by Crippen LogP contribution is -2.30. The number of thioether (sulfide) groups is 1. The van der Waals surface area contributed by atoms with Crippen molar-refractivity contribution in [2.75, 3.05) is 16.4 Å². The molecule has 7 nitrogen and oxygen atoms in total. The largest absolute Gasteiger partial charge is 0.321 e. The number of nitrogens with zero attached hydrogens (tertiary/aromatic N) is 1. The highest BCUT2D eigenvalue weighted by Crippen LogP contribution is 2.27. The van der Waals surface area contributed by atoms with Crippen LogP contribution in [0.15, 0.2) is 113 Å². The van der Waals surface area contributed by atoms with Gasteiger partial charge >= 0.3 is 0 Å². The van der Waals surface area contributed by atoms with E-state index in [9.17, 15) is 14.4 Å². The van der Waals surface area contributed by atoms with E-state index >= 15 is 0 Å². The SMILES string of the molecule is Cc1ccc(-c2csc(NC(=O)CSc3cccc(NC(=O)/C(=C\c4ccc(Cl)cc4Cl)NC(=O)c4ccccc4)c3)n2)cc1. The normalized spacial score (nSPS) is 11.1. The van der Waals surface area contributed by atoms with E-state index in [2.05, 4.69) is 20.9 Å². The Morgan fingerprint density at radius 3 is 2.42 bits per heavy atom. The molecule has 0 saturated carbocycles. The van der Waals surface area contributed by atoms with Crippen LogP contribution in [-0.2, 0) is 9.59 Å². The number of amides is 3. The van der Waals surface area contributed by atoms with Crippen LogP contribution in [0.25, 0.3) is 17.3 Å². The lowest BCUT2D eigenvalue weighted by atomic mass is 10.1. The van der Waals surface area contributed by atoms with Crippen molar-refractivity contribution in [1.82, 2.24) is 10.3 Å². The summed E-state index contributed by atoms with van der Waals surface area (Å²) in [7, 11) is 0. The summed E-state index contributed by atoms with van der Waals surface area (Å²) in [6, 6.07) is 28.5. The zero-order valence-electron chi connectivity index (χ0n) is 23.8. The zero-order chi connectivity index (χ0) is 31.8. The number of hydrogen-bond donors (Lipinski definition) is 3. The summed E-state index contributed by atoms with van der Waals surface area (Å²) in [5, 5.41) is 11.6. The summed E-state index contributed by atoms with van der Waals surface area (Å²) in [5.74, 6) is -1.07. The molecule has 0 aliphatic carbocycles. The fourth-order valence-corrected chi connectivity index (χ4v) is 6.02. The van der Waals surface area contributed by atoms with Gasteiger partial charge in [-0.25, -0.2) is 4.98 Å². The van der Waals surface area contributed by atoms with Gasteiger partial charge in [-0.2, -0.15) is 0 Å². The Bertz CT molecular complexity index is 1880. The van der Waals surface area contributed by atoms with E-state index < -0.39 is 11.8 Å². The molecule has 4 aromatic carbocycles. The van der Waals surface area contributed by atoms with E-state index in [1.54, 1.807) is 66.7 Å². The average Bonchev–Trinajstić information content (AvgIpc) is 3.50. The standard InChI is InChI=1S/C34H26Cl2N4O3S2/c1-21-10-12-22(13-11-21)30-19-45-34(39-30)40-31(41)20-44-27-9-5-8-26(18-27)37-33(43)29(16-24-14-15-25(35)17-28(24)36)38-32(42)23-6-3-2-4-7-23/h2-19H,20H2,1H3,(H,37,43)(H,38,42)(H,39,40,41)/b29-16+. The second kappa shape index (κ2) is 15.0. The van der Waals surface area contributed by atoms with Crippen molar-refractivity contribution in [2.45, 2.75) is 11.8 Å². The lowest BCUT2D eigenvalue weighted by molar-refractivity contribution is -0.114. The number of halogens is 2. The number of rotatable bonds is 10. The summed E-state index contributed by atoms with van der Waals surface area (Å²) in [6.45, 7) is 2.03. The van der Waals surface area contributed by atoms with Gasteiger partial charge in [0.25, 0.3) is 11.8 Å². The van der Waals surface area contributed by atoms with Crippen molar-refractivity contribution in [3.8, 4) is 11.3 Å². The Labute approximate surface area is 278 Å². The van der Waals surface area contributed by atoms with Crippen LogP contribution < -0.4 is 16.0 Å². The van der Waals surface area contributed by atoms with Crippen molar-refractivity contribution < 1.29 is 14.4 Å². The molecule has 1 heterocycles. The number of aromatic nitrogens is 1. The molecule has 0 radical (unpaired) electrons. The van der Waals surface area contributed by atoms with Gasteiger partial charge in [-0.3, -0.25) is 14.4 Å². The Balaban J connectivity index is 1.24. The van der Waals surface area contributed by atoms with Crippen LogP contribution in [0.1, 0.15) is 21.5 Å². The van der Waals surface area contributed by atoms with E-state index in [1.165, 1.54) is 29.2 Å². The van der Waals surface area contributed by atoms with Gasteiger partial charge in [0.2, 0.25) is 5.91 Å². The predicted molar refractivity (Wildman–Crippen MR) is 185 cm³/mol. The molecule has 0 unspecified atom stereocenters. The van der Waals surface area contributed by atoms with Crippen LogP contribution in [0.5, 0.6) is 0 Å². The molecule has 5 rings (SSSR count). The molecule has 0 spiro atoms. The minimum atomic E-state index is -0.557. The maximum atomic E-state index is 13.4. The molecule has 0 atom stereocenters. The first-order valence-electron chi connectivity index (χ1n) is 13.6. The number of thiazole rings is 1. The number of nitrogens with one attached hydrogen (secondary N) is 3. The summed E-state index contributed by atoms with van der Waals surface area (Å²) in [5.41, 5.74) is 4.31. The quantitative estimate of drug-likeness (QED) is 0.102. The van der Waals surface area contributed by atoms with E-state index in [1.807, 2.05) is 42.6 Å². The smallest absolute Gasteiger partial charge is 0.272 e. The van der Waals surface area contributed by atoms with Gasteiger partial charge in [-0.15, -0.1) is 23.1 Å². The molecular formula is C34H26Cl2N4O3S2. The zero-order valence-corrected chi connectivity index (χ0v) is 27.0. The van der Waals surface area contributed by atoms with E-state index in [4.69, 9.17) is 23.2 Å². The van der Waals surface area contributed by atoms with Crippen LogP contribution in [0.2, 0.25) is 10.0 Å². The highest BCUT2D eigenvalue weighted by Gasteiger charge is 2.16. The molecule has 0 bridgehead atoms. The molecule has 0 saturated heterocycles. The molecule has 3 amide bonds. The van der Waals surface area contributed by atoms with Gasteiger partial charge in [0.05, 0.1) is 11.4 Å². The number of benzene rings is 4. The van der Waals surface area contributed by atoms with Crippen molar-refractivity contribution >= 4 is 80.9 Å². The first kappa shape index (κ1) is 32.0. The molecule has 0 aliphatic heterocycles. The topological polar surface area (TPSA) is 100 Å². The lowest BCUT2D eigenvalue weighted by Gasteiger charge is -2.12. The first-order chi connectivity index (χ1) is 21.7. The average molecular weight is 674 g/mol. The number of carbonyl (C=O) groups excluding carboxylic acids is 3.